The number of thiophene rings is 1. The molecule has 1 amide bonds. The minimum Gasteiger partial charge on any atom is -0.395 e. The molecule has 18 heavy (non-hydrogen) atoms. The van der Waals surface area contributed by atoms with Crippen molar-refractivity contribution in [2.75, 3.05) is 20.3 Å². The van der Waals surface area contributed by atoms with Gasteiger partial charge in [-0.2, -0.15) is 0 Å². The number of amides is 1. The summed E-state index contributed by atoms with van der Waals surface area (Å²) >= 11 is 1.42. The molecule has 0 radical (unpaired) electrons. The van der Waals surface area contributed by atoms with Gasteiger partial charge in [0.15, 0.2) is 0 Å². The third-order valence-corrected chi connectivity index (χ3v) is 2.95. The molecule has 1 aromatic rings. The zero-order chi connectivity index (χ0) is 13.4. The number of ether oxygens (including phenoxy) is 1. The minimum absolute atomic E-state index is 0.0219. The average Bonchev–Trinajstić information content (AvgIpc) is 2.78. The molecule has 1 rings (SSSR count). The number of hydrogen-bond acceptors (Lipinski definition) is 4. The van der Waals surface area contributed by atoms with E-state index in [0.717, 1.165) is 4.88 Å². The quantitative estimate of drug-likeness (QED) is 0.789. The van der Waals surface area contributed by atoms with Crippen LogP contribution in [-0.4, -0.2) is 37.4 Å². The predicted octanol–water partition coefficient (Wildman–Crippen LogP) is 1.25. The summed E-state index contributed by atoms with van der Waals surface area (Å²) in [5.74, 6) is 5.61. The third-order valence-electron chi connectivity index (χ3n) is 2.10. The number of carbonyl (C=O) groups excluding carboxylic acids is 1. The Hall–Kier alpha value is -1.35. The van der Waals surface area contributed by atoms with Gasteiger partial charge in [0.05, 0.1) is 23.7 Å². The lowest BCUT2D eigenvalue weighted by Crippen LogP contribution is -2.35. The number of carbonyl (C=O) groups is 1. The highest BCUT2D eigenvalue weighted by Crippen LogP contribution is 2.13. The van der Waals surface area contributed by atoms with E-state index in [4.69, 9.17) is 9.84 Å². The van der Waals surface area contributed by atoms with E-state index in [0.29, 0.717) is 18.6 Å². The molecule has 0 bridgehead atoms. The van der Waals surface area contributed by atoms with Gasteiger partial charge < -0.3 is 15.2 Å². The van der Waals surface area contributed by atoms with Gasteiger partial charge in [0.2, 0.25) is 0 Å². The molecule has 0 aromatic carbocycles. The zero-order valence-electron chi connectivity index (χ0n) is 10.5. The van der Waals surface area contributed by atoms with E-state index < -0.39 is 0 Å². The second-order valence-electron chi connectivity index (χ2n) is 3.80. The van der Waals surface area contributed by atoms with E-state index in [1.165, 1.54) is 11.3 Å². The van der Waals surface area contributed by atoms with Crippen molar-refractivity contribution >= 4 is 17.2 Å². The Balaban J connectivity index is 2.57. The normalized spacial score (nSPS) is 11.5. The van der Waals surface area contributed by atoms with Crippen molar-refractivity contribution in [3.05, 3.63) is 21.9 Å². The monoisotopic (exact) mass is 267 g/mol. The fourth-order valence-corrected chi connectivity index (χ4v) is 2.08. The van der Waals surface area contributed by atoms with E-state index in [2.05, 4.69) is 17.2 Å². The molecule has 98 valence electrons. The highest BCUT2D eigenvalue weighted by atomic mass is 32.1. The van der Waals surface area contributed by atoms with Crippen molar-refractivity contribution in [1.82, 2.24) is 5.32 Å². The lowest BCUT2D eigenvalue weighted by molar-refractivity contribution is 0.0906. The summed E-state index contributed by atoms with van der Waals surface area (Å²) in [6.45, 7) is 2.43. The number of aliphatic hydroxyl groups is 1. The molecule has 1 unspecified atom stereocenters. The first-order chi connectivity index (χ1) is 8.67. The van der Waals surface area contributed by atoms with Gasteiger partial charge in [-0.15, -0.1) is 11.3 Å². The van der Waals surface area contributed by atoms with Crippen molar-refractivity contribution in [3.8, 4) is 11.8 Å². The van der Waals surface area contributed by atoms with E-state index in [1.54, 1.807) is 18.6 Å². The summed E-state index contributed by atoms with van der Waals surface area (Å²) in [5, 5.41) is 13.2. The molecule has 1 heterocycles. The van der Waals surface area contributed by atoms with Crippen LogP contribution in [0.1, 0.15) is 28.6 Å². The van der Waals surface area contributed by atoms with Crippen molar-refractivity contribution in [1.29, 1.82) is 0 Å². The molecule has 5 heteroatoms. The molecule has 0 aliphatic heterocycles. The molecule has 0 spiro atoms. The van der Waals surface area contributed by atoms with Gasteiger partial charge >= 0.3 is 0 Å². The average molecular weight is 267 g/mol. The highest BCUT2D eigenvalue weighted by molar-refractivity contribution is 7.10. The molecular weight excluding hydrogens is 250 g/mol. The molecule has 2 N–H and O–H groups in total. The first-order valence-electron chi connectivity index (χ1n) is 5.65. The van der Waals surface area contributed by atoms with Gasteiger partial charge in [-0.25, -0.2) is 0 Å². The Bertz CT molecular complexity index is 445. The molecular formula is C13H17NO3S. The Labute approximate surface area is 111 Å². The fourth-order valence-electron chi connectivity index (χ4n) is 1.33. The highest BCUT2D eigenvalue weighted by Gasteiger charge is 2.10. The van der Waals surface area contributed by atoms with E-state index in [9.17, 15) is 4.79 Å². The lowest BCUT2D eigenvalue weighted by Gasteiger charge is -2.11. The summed E-state index contributed by atoms with van der Waals surface area (Å²) in [6, 6.07) is 1.73. The molecule has 1 atom stereocenters. The number of nitrogens with one attached hydrogen (secondary N) is 1. The maximum absolute atomic E-state index is 11.8. The van der Waals surface area contributed by atoms with Crippen molar-refractivity contribution < 1.29 is 14.6 Å². The van der Waals surface area contributed by atoms with Gasteiger partial charge in [-0.3, -0.25) is 4.79 Å². The number of aliphatic hydroxyl groups excluding tert-OH is 1. The molecule has 4 nitrogen and oxygen atoms in total. The summed E-state index contributed by atoms with van der Waals surface area (Å²) in [6.07, 6.45) is 0.449. The summed E-state index contributed by atoms with van der Waals surface area (Å²) in [5.41, 5.74) is 0.608. The molecule has 0 saturated heterocycles. The van der Waals surface area contributed by atoms with E-state index in [1.807, 2.05) is 6.92 Å². The van der Waals surface area contributed by atoms with Crippen molar-refractivity contribution in [3.63, 3.8) is 0 Å². The Morgan fingerprint density at radius 2 is 2.44 bits per heavy atom. The predicted molar refractivity (Wildman–Crippen MR) is 71.7 cm³/mol. The van der Waals surface area contributed by atoms with Crippen LogP contribution in [0.4, 0.5) is 0 Å². The Kier molecular flexibility index (Phi) is 6.44. The maximum Gasteiger partial charge on any atom is 0.252 e. The molecule has 0 aliphatic rings. The smallest absolute Gasteiger partial charge is 0.252 e. The van der Waals surface area contributed by atoms with Crippen LogP contribution in [0.3, 0.4) is 0 Å². The first-order valence-corrected chi connectivity index (χ1v) is 6.53. The molecule has 1 aromatic heterocycles. The van der Waals surface area contributed by atoms with Crippen LogP contribution in [-0.2, 0) is 4.74 Å². The minimum atomic E-state index is -0.119. The van der Waals surface area contributed by atoms with Crippen LogP contribution in [0.5, 0.6) is 0 Å². The zero-order valence-corrected chi connectivity index (χ0v) is 11.3. The van der Waals surface area contributed by atoms with E-state index in [-0.39, 0.29) is 18.6 Å². The van der Waals surface area contributed by atoms with Crippen molar-refractivity contribution in [2.45, 2.75) is 19.4 Å². The van der Waals surface area contributed by atoms with Gasteiger partial charge in [-0.05, 0) is 13.0 Å². The Morgan fingerprint density at radius 3 is 3.11 bits per heavy atom. The van der Waals surface area contributed by atoms with E-state index >= 15 is 0 Å². The Morgan fingerprint density at radius 1 is 1.67 bits per heavy atom. The van der Waals surface area contributed by atoms with Crippen LogP contribution in [0.15, 0.2) is 11.4 Å². The second-order valence-corrected chi connectivity index (χ2v) is 4.72. The van der Waals surface area contributed by atoms with Crippen LogP contribution in [0, 0.1) is 11.8 Å². The number of methoxy groups -OCH3 is 1. The molecule has 0 saturated carbocycles. The third kappa shape index (κ3) is 4.88. The van der Waals surface area contributed by atoms with Gasteiger partial charge in [0, 0.05) is 25.0 Å². The first kappa shape index (κ1) is 14.7. The fraction of sp³-hybridized carbons (Fsp3) is 0.462. The summed E-state index contributed by atoms with van der Waals surface area (Å²) in [4.78, 5) is 12.7. The summed E-state index contributed by atoms with van der Waals surface area (Å²) < 4.78 is 4.95. The summed E-state index contributed by atoms with van der Waals surface area (Å²) in [7, 11) is 1.60. The standard InChI is InChI=1S/C13H17NO3S/c1-10(8-17-2)14-13(16)11-7-12(18-9-11)5-3-4-6-15/h7,9-10,15H,4,6,8H2,1-2H3,(H,14,16). The maximum atomic E-state index is 11.8. The van der Waals surface area contributed by atoms with Crippen LogP contribution < -0.4 is 5.32 Å². The lowest BCUT2D eigenvalue weighted by atomic mass is 10.2. The SMILES string of the molecule is COCC(C)NC(=O)c1csc(C#CCCO)c1. The largest absolute Gasteiger partial charge is 0.395 e. The van der Waals surface area contributed by atoms with Gasteiger partial charge in [-0.1, -0.05) is 11.8 Å². The van der Waals surface area contributed by atoms with Crippen molar-refractivity contribution in [2.24, 2.45) is 0 Å². The molecule has 0 aliphatic carbocycles. The topological polar surface area (TPSA) is 58.6 Å². The van der Waals surface area contributed by atoms with Gasteiger partial charge in [0.1, 0.15) is 0 Å². The number of rotatable bonds is 5. The van der Waals surface area contributed by atoms with Crippen LogP contribution in [0.2, 0.25) is 0 Å². The van der Waals surface area contributed by atoms with Crippen LogP contribution >= 0.6 is 11.3 Å². The molecule has 0 fully saturated rings. The van der Waals surface area contributed by atoms with Gasteiger partial charge in [0.25, 0.3) is 5.91 Å². The number of hydrogen-bond donors (Lipinski definition) is 2. The van der Waals surface area contributed by atoms with Crippen LogP contribution in [0.25, 0.3) is 0 Å². The second kappa shape index (κ2) is 7.88.